The molecule has 9 aromatic carbocycles. The highest BCUT2D eigenvalue weighted by Gasteiger charge is 2.18. The molecule has 0 atom stereocenters. The van der Waals surface area contributed by atoms with Crippen molar-refractivity contribution in [2.45, 2.75) is 0 Å². The Morgan fingerprint density at radius 2 is 0.642 bits per heavy atom. The van der Waals surface area contributed by atoms with Crippen LogP contribution in [0.15, 0.2) is 224 Å². The fraction of sp³-hybridized carbons (Fsp3) is 0. The number of fused-ring (bicyclic) bond motifs is 1. The molecule has 1 nitrogen and oxygen atoms in total. The van der Waals surface area contributed by atoms with Crippen LogP contribution in [0.3, 0.4) is 0 Å². The van der Waals surface area contributed by atoms with Crippen molar-refractivity contribution in [1.82, 2.24) is 0 Å². The van der Waals surface area contributed by atoms with Gasteiger partial charge in [0.25, 0.3) is 0 Å². The van der Waals surface area contributed by atoms with Gasteiger partial charge in [0.05, 0.1) is 5.69 Å². The van der Waals surface area contributed by atoms with Gasteiger partial charge in [0.15, 0.2) is 0 Å². The molecule has 53 heavy (non-hydrogen) atoms. The monoisotopic (exact) mass is 675 g/mol. The van der Waals surface area contributed by atoms with E-state index in [2.05, 4.69) is 229 Å². The van der Waals surface area contributed by atoms with E-state index in [0.29, 0.717) is 0 Å². The average molecular weight is 676 g/mol. The van der Waals surface area contributed by atoms with Gasteiger partial charge in [-0.15, -0.1) is 0 Å². The minimum atomic E-state index is 1.10. The van der Waals surface area contributed by atoms with Crippen molar-refractivity contribution in [2.24, 2.45) is 0 Å². The fourth-order valence-electron chi connectivity index (χ4n) is 7.40. The molecule has 250 valence electrons. The summed E-state index contributed by atoms with van der Waals surface area (Å²) in [4.78, 5) is 2.38. The Balaban J connectivity index is 1.10. The molecule has 0 amide bonds. The molecule has 0 heterocycles. The van der Waals surface area contributed by atoms with Gasteiger partial charge in [-0.3, -0.25) is 0 Å². The summed E-state index contributed by atoms with van der Waals surface area (Å²) in [5.41, 5.74) is 15.3. The molecule has 9 rings (SSSR count). The molecule has 0 saturated carbocycles. The topological polar surface area (TPSA) is 3.24 Å². The van der Waals surface area contributed by atoms with Crippen molar-refractivity contribution in [3.8, 4) is 55.6 Å². The standard InChI is InChI=1S/C52H37N/c1-3-15-40(16-4-1)49-22-9-10-23-50(49)42-30-34-48(35-31-42)53(52-25-12-11-24-51(52)41-17-5-2-6-18-41)47-32-28-39(29-33-47)44-20-13-21-45(36-44)46-27-26-38-14-7-8-19-43(38)37-46/h1-37H. The van der Waals surface area contributed by atoms with Crippen molar-refractivity contribution in [3.63, 3.8) is 0 Å². The Kier molecular flexibility index (Phi) is 8.66. The fourth-order valence-corrected chi connectivity index (χ4v) is 7.40. The highest BCUT2D eigenvalue weighted by atomic mass is 15.1. The number of rotatable bonds is 8. The largest absolute Gasteiger partial charge is 0.310 e. The number of hydrogen-bond acceptors (Lipinski definition) is 1. The molecule has 0 aromatic heterocycles. The van der Waals surface area contributed by atoms with Gasteiger partial charge in [0, 0.05) is 16.9 Å². The van der Waals surface area contributed by atoms with Crippen LogP contribution in [-0.4, -0.2) is 0 Å². The highest BCUT2D eigenvalue weighted by Crippen LogP contribution is 2.42. The molecule has 0 fully saturated rings. The van der Waals surface area contributed by atoms with E-state index < -0.39 is 0 Å². The van der Waals surface area contributed by atoms with Crippen LogP contribution < -0.4 is 4.90 Å². The quantitative estimate of drug-likeness (QED) is 0.155. The number of para-hydroxylation sites is 1. The van der Waals surface area contributed by atoms with E-state index in [-0.39, 0.29) is 0 Å². The lowest BCUT2D eigenvalue weighted by atomic mass is 9.94. The third-order valence-corrected chi connectivity index (χ3v) is 10.1. The van der Waals surface area contributed by atoms with Gasteiger partial charge in [-0.2, -0.15) is 0 Å². The smallest absolute Gasteiger partial charge is 0.0540 e. The summed E-state index contributed by atoms with van der Waals surface area (Å²) in [6, 6.07) is 80.8. The molecule has 0 aliphatic rings. The zero-order valence-corrected chi connectivity index (χ0v) is 29.3. The molecule has 0 aliphatic heterocycles. The first-order valence-corrected chi connectivity index (χ1v) is 18.2. The third kappa shape index (κ3) is 6.53. The maximum absolute atomic E-state index is 2.38. The number of benzene rings is 9. The zero-order valence-electron chi connectivity index (χ0n) is 29.3. The Hall–Kier alpha value is -6.96. The van der Waals surface area contributed by atoms with Crippen LogP contribution in [0, 0.1) is 0 Å². The minimum Gasteiger partial charge on any atom is -0.310 e. The van der Waals surface area contributed by atoms with Crippen LogP contribution in [0.5, 0.6) is 0 Å². The van der Waals surface area contributed by atoms with Crippen LogP contribution in [0.4, 0.5) is 17.1 Å². The van der Waals surface area contributed by atoms with E-state index >= 15 is 0 Å². The van der Waals surface area contributed by atoms with Crippen molar-refractivity contribution >= 4 is 27.8 Å². The second-order valence-corrected chi connectivity index (χ2v) is 13.4. The Labute approximate surface area is 311 Å². The van der Waals surface area contributed by atoms with Gasteiger partial charge in [-0.1, -0.05) is 182 Å². The predicted molar refractivity (Wildman–Crippen MR) is 226 cm³/mol. The van der Waals surface area contributed by atoms with E-state index in [1.54, 1.807) is 0 Å². The van der Waals surface area contributed by atoms with Crippen molar-refractivity contribution < 1.29 is 0 Å². The van der Waals surface area contributed by atoms with E-state index in [9.17, 15) is 0 Å². The van der Waals surface area contributed by atoms with Gasteiger partial charge in [0.2, 0.25) is 0 Å². The van der Waals surface area contributed by atoms with Crippen LogP contribution in [0.1, 0.15) is 0 Å². The molecule has 9 aromatic rings. The summed E-state index contributed by atoms with van der Waals surface area (Å²) >= 11 is 0. The highest BCUT2D eigenvalue weighted by molar-refractivity contribution is 5.91. The molecule has 0 radical (unpaired) electrons. The molecule has 1 heteroatoms. The van der Waals surface area contributed by atoms with Gasteiger partial charge >= 0.3 is 0 Å². The predicted octanol–water partition coefficient (Wildman–Crippen LogP) is 14.6. The number of nitrogens with zero attached hydrogens (tertiary/aromatic N) is 1. The molecular weight excluding hydrogens is 639 g/mol. The maximum atomic E-state index is 2.38. The summed E-state index contributed by atoms with van der Waals surface area (Å²) in [5, 5.41) is 2.51. The molecule has 0 N–H and O–H groups in total. The molecule has 0 saturated heterocycles. The average Bonchev–Trinajstić information content (AvgIpc) is 3.25. The van der Waals surface area contributed by atoms with Crippen LogP contribution in [-0.2, 0) is 0 Å². The second kappa shape index (κ2) is 14.3. The van der Waals surface area contributed by atoms with E-state index in [1.807, 2.05) is 0 Å². The lowest BCUT2D eigenvalue weighted by Crippen LogP contribution is -2.11. The minimum absolute atomic E-state index is 1.10. The first kappa shape index (κ1) is 32.0. The summed E-state index contributed by atoms with van der Waals surface area (Å²) in [6.45, 7) is 0. The molecule has 0 spiro atoms. The maximum Gasteiger partial charge on any atom is 0.0540 e. The Bertz CT molecular complexity index is 2640. The first-order chi connectivity index (χ1) is 26.3. The van der Waals surface area contributed by atoms with Crippen molar-refractivity contribution in [2.75, 3.05) is 4.90 Å². The van der Waals surface area contributed by atoms with Crippen molar-refractivity contribution in [3.05, 3.63) is 224 Å². The van der Waals surface area contributed by atoms with Gasteiger partial charge in [-0.05, 0) is 103 Å². The molecular formula is C52H37N. The SMILES string of the molecule is c1ccc(-c2ccccc2-c2ccc(N(c3ccc(-c4cccc(-c5ccc6ccccc6c5)c4)cc3)c3ccccc3-c3ccccc3)cc2)cc1. The van der Waals surface area contributed by atoms with Crippen LogP contribution >= 0.6 is 0 Å². The normalized spacial score (nSPS) is 11.0. The Morgan fingerprint density at radius 1 is 0.226 bits per heavy atom. The lowest BCUT2D eigenvalue weighted by Gasteiger charge is -2.28. The van der Waals surface area contributed by atoms with Crippen LogP contribution in [0.25, 0.3) is 66.4 Å². The van der Waals surface area contributed by atoms with Gasteiger partial charge in [-0.25, -0.2) is 0 Å². The van der Waals surface area contributed by atoms with Gasteiger partial charge in [0.1, 0.15) is 0 Å². The van der Waals surface area contributed by atoms with E-state index in [0.717, 1.165) is 17.1 Å². The number of anilines is 3. The summed E-state index contributed by atoms with van der Waals surface area (Å²) in [7, 11) is 0. The second-order valence-electron chi connectivity index (χ2n) is 13.4. The molecule has 0 unspecified atom stereocenters. The van der Waals surface area contributed by atoms with Gasteiger partial charge < -0.3 is 4.90 Å². The van der Waals surface area contributed by atoms with E-state index in [1.165, 1.54) is 66.4 Å². The van der Waals surface area contributed by atoms with E-state index in [4.69, 9.17) is 0 Å². The summed E-state index contributed by atoms with van der Waals surface area (Å²) in [6.07, 6.45) is 0. The number of hydrogen-bond donors (Lipinski definition) is 0. The lowest BCUT2D eigenvalue weighted by molar-refractivity contribution is 1.28. The summed E-state index contributed by atoms with van der Waals surface area (Å²) < 4.78 is 0. The molecule has 0 bridgehead atoms. The molecule has 0 aliphatic carbocycles. The Morgan fingerprint density at radius 3 is 1.28 bits per heavy atom. The zero-order chi connectivity index (χ0) is 35.4. The third-order valence-electron chi connectivity index (χ3n) is 10.1. The van der Waals surface area contributed by atoms with Crippen LogP contribution in [0.2, 0.25) is 0 Å². The summed E-state index contributed by atoms with van der Waals surface area (Å²) in [5.74, 6) is 0. The van der Waals surface area contributed by atoms with Crippen molar-refractivity contribution in [1.29, 1.82) is 0 Å². The first-order valence-electron chi connectivity index (χ1n) is 18.2.